The Bertz CT molecular complexity index is 656. The van der Waals surface area contributed by atoms with E-state index in [1.54, 1.807) is 19.1 Å². The Labute approximate surface area is 122 Å². The average molecular weight is 291 g/mol. The van der Waals surface area contributed by atoms with Gasteiger partial charge in [0.25, 0.3) is 5.69 Å². The number of aryl methyl sites for hydroxylation is 2. The second-order valence-corrected chi connectivity index (χ2v) is 5.12. The van der Waals surface area contributed by atoms with E-state index >= 15 is 0 Å². The van der Waals surface area contributed by atoms with Crippen molar-refractivity contribution in [1.82, 2.24) is 0 Å². The molecule has 0 amide bonds. The van der Waals surface area contributed by atoms with Crippen LogP contribution in [-0.4, -0.2) is 4.92 Å². The number of nitrogens with zero attached hydrogens (tertiary/aromatic N) is 1. The topological polar surface area (TPSA) is 55.2 Å². The average Bonchev–Trinajstić information content (AvgIpc) is 2.39. The van der Waals surface area contributed by atoms with Crippen LogP contribution in [-0.2, 0) is 6.54 Å². The fraction of sp³-hybridized carbons (Fsp3) is 0.200. The highest BCUT2D eigenvalue weighted by Crippen LogP contribution is 2.24. The highest BCUT2D eigenvalue weighted by atomic mass is 35.5. The third-order valence-electron chi connectivity index (χ3n) is 3.08. The molecule has 0 bridgehead atoms. The number of nitro groups is 1. The molecule has 20 heavy (non-hydrogen) atoms. The molecule has 0 spiro atoms. The Morgan fingerprint density at radius 3 is 2.60 bits per heavy atom. The van der Waals surface area contributed by atoms with Crippen LogP contribution in [0.2, 0.25) is 5.02 Å². The van der Waals surface area contributed by atoms with Crippen LogP contribution in [0.15, 0.2) is 36.4 Å². The van der Waals surface area contributed by atoms with Crippen molar-refractivity contribution in [2.45, 2.75) is 20.4 Å². The second-order valence-electron chi connectivity index (χ2n) is 4.71. The van der Waals surface area contributed by atoms with E-state index in [-0.39, 0.29) is 10.6 Å². The molecule has 0 saturated carbocycles. The highest BCUT2D eigenvalue weighted by molar-refractivity contribution is 6.33. The maximum absolute atomic E-state index is 10.9. The standard InChI is InChI=1S/C15H15ClN2O2/c1-10-3-6-14(13(16)7-10)17-9-12-5-4-11(2)15(8-12)18(19)20/h3-8,17H,9H2,1-2H3. The predicted octanol–water partition coefficient (Wildman–Crippen LogP) is 4.48. The van der Waals surface area contributed by atoms with Gasteiger partial charge in [-0.2, -0.15) is 0 Å². The van der Waals surface area contributed by atoms with Crippen molar-refractivity contribution >= 4 is 23.0 Å². The molecular weight excluding hydrogens is 276 g/mol. The van der Waals surface area contributed by atoms with E-state index in [9.17, 15) is 10.1 Å². The summed E-state index contributed by atoms with van der Waals surface area (Å²) >= 11 is 6.13. The smallest absolute Gasteiger partial charge is 0.272 e. The fourth-order valence-electron chi connectivity index (χ4n) is 1.92. The number of nitro benzene ring substituents is 1. The lowest BCUT2D eigenvalue weighted by Gasteiger charge is -2.09. The molecule has 104 valence electrons. The van der Waals surface area contributed by atoms with Crippen molar-refractivity contribution in [2.75, 3.05) is 5.32 Å². The molecule has 0 aliphatic rings. The number of hydrogen-bond donors (Lipinski definition) is 1. The highest BCUT2D eigenvalue weighted by Gasteiger charge is 2.11. The molecule has 0 aliphatic heterocycles. The van der Waals surface area contributed by atoms with Gasteiger partial charge in [0, 0.05) is 18.2 Å². The van der Waals surface area contributed by atoms with E-state index in [1.165, 1.54) is 0 Å². The first kappa shape index (κ1) is 14.3. The van der Waals surface area contributed by atoms with Gasteiger partial charge in [-0.25, -0.2) is 0 Å². The lowest BCUT2D eigenvalue weighted by Crippen LogP contribution is -2.01. The number of anilines is 1. The van der Waals surface area contributed by atoms with Gasteiger partial charge in [-0.3, -0.25) is 10.1 Å². The summed E-state index contributed by atoms with van der Waals surface area (Å²) in [6, 6.07) is 11.0. The minimum Gasteiger partial charge on any atom is -0.380 e. The maximum atomic E-state index is 10.9. The van der Waals surface area contributed by atoms with Crippen LogP contribution in [0.5, 0.6) is 0 Å². The maximum Gasteiger partial charge on any atom is 0.272 e. The Balaban J connectivity index is 2.15. The first-order chi connectivity index (χ1) is 9.47. The number of rotatable bonds is 4. The predicted molar refractivity (Wildman–Crippen MR) is 81.3 cm³/mol. The van der Waals surface area contributed by atoms with Gasteiger partial charge in [-0.1, -0.05) is 29.8 Å². The summed E-state index contributed by atoms with van der Waals surface area (Å²) in [6.07, 6.45) is 0. The van der Waals surface area contributed by atoms with Crippen LogP contribution in [0.4, 0.5) is 11.4 Å². The summed E-state index contributed by atoms with van der Waals surface area (Å²) in [5, 5.41) is 14.7. The Hall–Kier alpha value is -2.07. The van der Waals surface area contributed by atoms with Crippen molar-refractivity contribution < 1.29 is 4.92 Å². The molecule has 1 N–H and O–H groups in total. The first-order valence-electron chi connectivity index (χ1n) is 6.21. The van der Waals surface area contributed by atoms with E-state index < -0.39 is 0 Å². The molecule has 0 atom stereocenters. The van der Waals surface area contributed by atoms with Crippen molar-refractivity contribution in [3.63, 3.8) is 0 Å². The van der Waals surface area contributed by atoms with Crippen LogP contribution >= 0.6 is 11.6 Å². The summed E-state index contributed by atoms with van der Waals surface area (Å²) in [7, 11) is 0. The van der Waals surface area contributed by atoms with E-state index in [0.29, 0.717) is 17.1 Å². The molecule has 2 rings (SSSR count). The lowest BCUT2D eigenvalue weighted by atomic mass is 10.1. The molecule has 0 aliphatic carbocycles. The Morgan fingerprint density at radius 2 is 1.95 bits per heavy atom. The van der Waals surface area contributed by atoms with E-state index in [0.717, 1.165) is 16.8 Å². The third kappa shape index (κ3) is 3.27. The Kier molecular flexibility index (Phi) is 4.25. The number of halogens is 1. The minimum absolute atomic E-state index is 0.138. The third-order valence-corrected chi connectivity index (χ3v) is 3.39. The van der Waals surface area contributed by atoms with Crippen molar-refractivity contribution in [3.05, 3.63) is 68.2 Å². The van der Waals surface area contributed by atoms with Crippen LogP contribution in [0.3, 0.4) is 0 Å². The molecule has 0 heterocycles. The molecule has 2 aromatic carbocycles. The molecule has 0 saturated heterocycles. The summed E-state index contributed by atoms with van der Waals surface area (Å²) < 4.78 is 0. The van der Waals surface area contributed by atoms with Crippen molar-refractivity contribution in [1.29, 1.82) is 0 Å². The zero-order chi connectivity index (χ0) is 14.7. The van der Waals surface area contributed by atoms with Crippen LogP contribution in [0.25, 0.3) is 0 Å². The Morgan fingerprint density at radius 1 is 1.20 bits per heavy atom. The summed E-state index contributed by atoms with van der Waals surface area (Å²) in [4.78, 5) is 10.5. The quantitative estimate of drug-likeness (QED) is 0.667. The van der Waals surface area contributed by atoms with Gasteiger partial charge in [0.2, 0.25) is 0 Å². The lowest BCUT2D eigenvalue weighted by molar-refractivity contribution is -0.385. The molecular formula is C15H15ClN2O2. The van der Waals surface area contributed by atoms with Crippen LogP contribution in [0.1, 0.15) is 16.7 Å². The molecule has 0 aromatic heterocycles. The first-order valence-corrected chi connectivity index (χ1v) is 6.59. The van der Waals surface area contributed by atoms with Gasteiger partial charge in [0.1, 0.15) is 0 Å². The van der Waals surface area contributed by atoms with Crippen LogP contribution in [0, 0.1) is 24.0 Å². The number of nitrogens with one attached hydrogen (secondary N) is 1. The van der Waals surface area contributed by atoms with E-state index in [1.807, 2.05) is 31.2 Å². The summed E-state index contributed by atoms with van der Waals surface area (Å²) in [5.41, 5.74) is 3.55. The normalized spacial score (nSPS) is 10.3. The molecule has 5 heteroatoms. The summed E-state index contributed by atoms with van der Waals surface area (Å²) in [5.74, 6) is 0. The zero-order valence-corrected chi connectivity index (χ0v) is 12.1. The van der Waals surface area contributed by atoms with Gasteiger partial charge in [0.05, 0.1) is 15.6 Å². The molecule has 4 nitrogen and oxygen atoms in total. The number of benzene rings is 2. The fourth-order valence-corrected chi connectivity index (χ4v) is 2.22. The molecule has 0 unspecified atom stereocenters. The zero-order valence-electron chi connectivity index (χ0n) is 11.3. The molecule has 2 aromatic rings. The second kappa shape index (κ2) is 5.92. The van der Waals surface area contributed by atoms with Crippen LogP contribution < -0.4 is 5.32 Å². The monoisotopic (exact) mass is 290 g/mol. The van der Waals surface area contributed by atoms with Gasteiger partial charge in [-0.05, 0) is 37.1 Å². The van der Waals surface area contributed by atoms with Gasteiger partial charge in [-0.15, -0.1) is 0 Å². The SMILES string of the molecule is Cc1ccc(NCc2ccc(C)c([N+](=O)[O-])c2)c(Cl)c1. The summed E-state index contributed by atoms with van der Waals surface area (Å²) in [6.45, 7) is 4.19. The largest absolute Gasteiger partial charge is 0.380 e. The van der Waals surface area contributed by atoms with E-state index in [4.69, 9.17) is 11.6 Å². The molecule has 0 radical (unpaired) electrons. The van der Waals surface area contributed by atoms with Gasteiger partial charge >= 0.3 is 0 Å². The van der Waals surface area contributed by atoms with Gasteiger partial charge < -0.3 is 5.32 Å². The minimum atomic E-state index is -0.363. The van der Waals surface area contributed by atoms with Crippen molar-refractivity contribution in [3.8, 4) is 0 Å². The number of hydrogen-bond acceptors (Lipinski definition) is 3. The van der Waals surface area contributed by atoms with E-state index in [2.05, 4.69) is 5.32 Å². The molecule has 0 fully saturated rings. The van der Waals surface area contributed by atoms with Crippen molar-refractivity contribution in [2.24, 2.45) is 0 Å². The van der Waals surface area contributed by atoms with Gasteiger partial charge in [0.15, 0.2) is 0 Å².